The number of rotatable bonds is 7. The maximum absolute atomic E-state index is 8.75. The Morgan fingerprint density at radius 3 is 2.38 bits per heavy atom. The maximum Gasteiger partial charge on any atom is 0.119 e. The third-order valence-electron chi connectivity index (χ3n) is 3.05. The third-order valence-corrected chi connectivity index (χ3v) is 3.05. The van der Waals surface area contributed by atoms with E-state index in [-0.39, 0.29) is 0 Å². The van der Waals surface area contributed by atoms with Crippen molar-refractivity contribution in [3.8, 4) is 11.8 Å². The largest absolute Gasteiger partial charge is 0.489 e. The van der Waals surface area contributed by atoms with Gasteiger partial charge in [-0.1, -0.05) is 12.1 Å². The van der Waals surface area contributed by atoms with Crippen molar-refractivity contribution in [1.82, 2.24) is 0 Å². The van der Waals surface area contributed by atoms with Crippen LogP contribution in [-0.4, -0.2) is 13.1 Å². The zero-order chi connectivity index (χ0) is 14.9. The van der Waals surface area contributed by atoms with Gasteiger partial charge in [0.15, 0.2) is 0 Å². The number of nitrogens with two attached hydrogens (primary N) is 1. The predicted molar refractivity (Wildman–Crippen MR) is 84.1 cm³/mol. The topological polar surface area (TPSA) is 71.1 Å². The minimum Gasteiger partial charge on any atom is -0.489 e. The maximum atomic E-state index is 8.75. The van der Waals surface area contributed by atoms with E-state index in [1.54, 1.807) is 12.1 Å². The molecule has 0 atom stereocenters. The van der Waals surface area contributed by atoms with Crippen LogP contribution >= 0.6 is 0 Å². The minimum absolute atomic E-state index is 0.492. The van der Waals surface area contributed by atoms with Crippen molar-refractivity contribution in [1.29, 1.82) is 5.26 Å². The molecule has 0 heterocycles. The molecule has 0 spiro atoms. The van der Waals surface area contributed by atoms with Gasteiger partial charge in [0, 0.05) is 12.2 Å². The molecule has 2 rings (SSSR count). The van der Waals surface area contributed by atoms with E-state index in [1.807, 2.05) is 36.4 Å². The molecule has 0 aromatic heterocycles. The number of anilines is 1. The molecule has 0 bridgehead atoms. The van der Waals surface area contributed by atoms with Gasteiger partial charge < -0.3 is 15.8 Å². The van der Waals surface area contributed by atoms with Crippen molar-refractivity contribution in [3.63, 3.8) is 0 Å². The van der Waals surface area contributed by atoms with E-state index in [4.69, 9.17) is 15.7 Å². The average Bonchev–Trinajstić information content (AvgIpc) is 2.55. The molecule has 2 aromatic carbocycles. The fourth-order valence-corrected chi connectivity index (χ4v) is 1.85. The van der Waals surface area contributed by atoms with Gasteiger partial charge in [0.25, 0.3) is 0 Å². The first-order valence-electron chi connectivity index (χ1n) is 6.97. The van der Waals surface area contributed by atoms with Gasteiger partial charge in [0.1, 0.15) is 12.4 Å². The summed E-state index contributed by atoms with van der Waals surface area (Å²) in [5, 5.41) is 12.0. The first kappa shape index (κ1) is 14.9. The Labute approximate surface area is 125 Å². The van der Waals surface area contributed by atoms with Gasteiger partial charge in [-0.15, -0.1) is 0 Å². The quantitative estimate of drug-likeness (QED) is 0.765. The van der Waals surface area contributed by atoms with Gasteiger partial charge >= 0.3 is 0 Å². The Balaban J connectivity index is 1.84. The number of nitriles is 1. The van der Waals surface area contributed by atoms with Gasteiger partial charge in [-0.2, -0.15) is 5.26 Å². The summed E-state index contributed by atoms with van der Waals surface area (Å²) < 4.78 is 5.72. The van der Waals surface area contributed by atoms with Crippen LogP contribution in [0.2, 0.25) is 0 Å². The molecule has 0 saturated carbocycles. The second kappa shape index (κ2) is 7.93. The number of nitrogens with zero attached hydrogens (tertiary/aromatic N) is 1. The molecule has 0 radical (unpaired) electrons. The van der Waals surface area contributed by atoms with Crippen LogP contribution < -0.4 is 15.8 Å². The Morgan fingerprint density at radius 1 is 1.05 bits per heavy atom. The molecule has 0 aliphatic heterocycles. The molecule has 4 heteroatoms. The van der Waals surface area contributed by atoms with Crippen LogP contribution in [0.4, 0.5) is 5.69 Å². The van der Waals surface area contributed by atoms with E-state index < -0.39 is 0 Å². The summed E-state index contributed by atoms with van der Waals surface area (Å²) in [7, 11) is 0. The van der Waals surface area contributed by atoms with Gasteiger partial charge in [-0.05, 0) is 54.9 Å². The molecule has 0 aliphatic rings. The Bertz CT molecular complexity index is 585. The van der Waals surface area contributed by atoms with Gasteiger partial charge in [-0.25, -0.2) is 0 Å². The summed E-state index contributed by atoms with van der Waals surface area (Å²) >= 11 is 0. The fourth-order valence-electron chi connectivity index (χ4n) is 1.85. The van der Waals surface area contributed by atoms with Gasteiger partial charge in [0.2, 0.25) is 0 Å². The molecule has 4 nitrogen and oxygen atoms in total. The lowest BCUT2D eigenvalue weighted by Crippen LogP contribution is -2.08. The Morgan fingerprint density at radius 2 is 1.76 bits per heavy atom. The summed E-state index contributed by atoms with van der Waals surface area (Å²) in [5.74, 6) is 0.823. The number of ether oxygens (including phenoxy) is 1. The molecular formula is C17H19N3O. The normalized spacial score (nSPS) is 9.90. The van der Waals surface area contributed by atoms with Crippen molar-refractivity contribution in [2.45, 2.75) is 13.0 Å². The summed E-state index contributed by atoms with van der Waals surface area (Å²) in [6.45, 7) is 2.06. The third kappa shape index (κ3) is 4.83. The standard InChI is InChI=1S/C17H19N3O/c18-10-1-11-20-16-6-8-17(9-7-16)21-13-15-4-2-14(12-19)3-5-15/h2-9,20H,1,10-11,13,18H2. The van der Waals surface area contributed by atoms with Crippen LogP contribution in [0.1, 0.15) is 17.5 Å². The molecule has 2 aromatic rings. The highest BCUT2D eigenvalue weighted by Gasteiger charge is 1.98. The van der Waals surface area contributed by atoms with Crippen molar-refractivity contribution >= 4 is 5.69 Å². The molecule has 0 amide bonds. The van der Waals surface area contributed by atoms with E-state index in [1.165, 1.54) is 0 Å². The Kier molecular flexibility index (Phi) is 5.62. The first-order chi connectivity index (χ1) is 10.3. The lowest BCUT2D eigenvalue weighted by Gasteiger charge is -2.09. The van der Waals surface area contributed by atoms with E-state index in [2.05, 4.69) is 11.4 Å². The number of hydrogen-bond donors (Lipinski definition) is 2. The second-order valence-electron chi connectivity index (χ2n) is 4.69. The smallest absolute Gasteiger partial charge is 0.119 e. The molecule has 0 saturated heterocycles. The van der Waals surface area contributed by atoms with Crippen molar-refractivity contribution in [3.05, 3.63) is 59.7 Å². The monoisotopic (exact) mass is 281 g/mol. The van der Waals surface area contributed by atoms with Crippen molar-refractivity contribution in [2.24, 2.45) is 5.73 Å². The predicted octanol–water partition coefficient (Wildman–Crippen LogP) is 2.90. The van der Waals surface area contributed by atoms with Crippen molar-refractivity contribution < 1.29 is 4.74 Å². The summed E-state index contributed by atoms with van der Waals surface area (Å²) in [6.07, 6.45) is 0.955. The lowest BCUT2D eigenvalue weighted by atomic mass is 10.1. The summed E-state index contributed by atoms with van der Waals surface area (Å²) in [5.41, 5.74) is 8.22. The molecular weight excluding hydrogens is 262 g/mol. The molecule has 108 valence electrons. The zero-order valence-corrected chi connectivity index (χ0v) is 11.9. The highest BCUT2D eigenvalue weighted by atomic mass is 16.5. The van der Waals surface area contributed by atoms with Crippen LogP contribution in [-0.2, 0) is 6.61 Å². The second-order valence-corrected chi connectivity index (χ2v) is 4.69. The average molecular weight is 281 g/mol. The SMILES string of the molecule is N#Cc1ccc(COc2ccc(NCCCN)cc2)cc1. The van der Waals surface area contributed by atoms with Crippen LogP contribution in [0.25, 0.3) is 0 Å². The number of nitrogens with one attached hydrogen (secondary N) is 1. The molecule has 0 unspecified atom stereocenters. The van der Waals surface area contributed by atoms with Crippen LogP contribution in [0, 0.1) is 11.3 Å². The van der Waals surface area contributed by atoms with E-state index >= 15 is 0 Å². The highest BCUT2D eigenvalue weighted by molar-refractivity contribution is 5.46. The summed E-state index contributed by atoms with van der Waals surface area (Å²) in [6, 6.07) is 17.4. The van der Waals surface area contributed by atoms with E-state index in [0.29, 0.717) is 18.7 Å². The lowest BCUT2D eigenvalue weighted by molar-refractivity contribution is 0.306. The van der Waals surface area contributed by atoms with E-state index in [9.17, 15) is 0 Å². The Hall–Kier alpha value is -2.51. The van der Waals surface area contributed by atoms with Crippen LogP contribution in [0.3, 0.4) is 0 Å². The fraction of sp³-hybridized carbons (Fsp3) is 0.235. The zero-order valence-electron chi connectivity index (χ0n) is 11.9. The summed E-state index contributed by atoms with van der Waals surface area (Å²) in [4.78, 5) is 0. The molecule has 21 heavy (non-hydrogen) atoms. The molecule has 0 aliphatic carbocycles. The first-order valence-corrected chi connectivity index (χ1v) is 6.97. The van der Waals surface area contributed by atoms with Crippen molar-refractivity contribution in [2.75, 3.05) is 18.4 Å². The minimum atomic E-state index is 0.492. The van der Waals surface area contributed by atoms with Gasteiger partial charge in [-0.3, -0.25) is 0 Å². The van der Waals surface area contributed by atoms with Gasteiger partial charge in [0.05, 0.1) is 11.6 Å². The van der Waals surface area contributed by atoms with Crippen LogP contribution in [0.15, 0.2) is 48.5 Å². The highest BCUT2D eigenvalue weighted by Crippen LogP contribution is 2.17. The molecule has 3 N–H and O–H groups in total. The van der Waals surface area contributed by atoms with E-state index in [0.717, 1.165) is 30.0 Å². The number of benzene rings is 2. The molecule has 0 fully saturated rings. The number of hydrogen-bond acceptors (Lipinski definition) is 4. The van der Waals surface area contributed by atoms with Crippen LogP contribution in [0.5, 0.6) is 5.75 Å².